The molecule has 4 heteroatoms. The van der Waals surface area contributed by atoms with E-state index < -0.39 is 0 Å². The molecule has 128 valence electrons. The van der Waals surface area contributed by atoms with E-state index in [1.165, 1.54) is 11.1 Å². The minimum atomic E-state index is 0.0473. The number of nitrogens with zero attached hydrogens (tertiary/aromatic N) is 1. The van der Waals surface area contributed by atoms with Gasteiger partial charge in [-0.25, -0.2) is 4.79 Å². The number of carbonyl (C=O) groups excluding carboxylic acids is 1. The molecule has 1 aliphatic heterocycles. The molecular formula is C19H31N3O. The Morgan fingerprint density at radius 1 is 1.30 bits per heavy atom. The van der Waals surface area contributed by atoms with Crippen LogP contribution in [0.4, 0.5) is 4.79 Å². The smallest absolute Gasteiger partial charge is 0.317 e. The van der Waals surface area contributed by atoms with Gasteiger partial charge in [0.2, 0.25) is 0 Å². The van der Waals surface area contributed by atoms with Gasteiger partial charge in [0.25, 0.3) is 0 Å². The van der Waals surface area contributed by atoms with E-state index in [-0.39, 0.29) is 6.03 Å². The third kappa shape index (κ3) is 4.71. The molecule has 23 heavy (non-hydrogen) atoms. The zero-order chi connectivity index (χ0) is 16.7. The highest BCUT2D eigenvalue weighted by Gasteiger charge is 2.29. The summed E-state index contributed by atoms with van der Waals surface area (Å²) in [6, 6.07) is 8.83. The highest BCUT2D eigenvalue weighted by molar-refractivity contribution is 5.74. The molecule has 1 aromatic carbocycles. The SMILES string of the molecule is CCc1ccccc1CCNC(=O)N(C)C1CNCCC1CC. The van der Waals surface area contributed by atoms with Gasteiger partial charge in [-0.3, -0.25) is 0 Å². The van der Waals surface area contributed by atoms with E-state index >= 15 is 0 Å². The lowest BCUT2D eigenvalue weighted by Crippen LogP contribution is -2.54. The summed E-state index contributed by atoms with van der Waals surface area (Å²) in [5.74, 6) is 0.604. The Labute approximate surface area is 140 Å². The summed E-state index contributed by atoms with van der Waals surface area (Å²) >= 11 is 0. The van der Waals surface area contributed by atoms with Crippen LogP contribution in [0.15, 0.2) is 24.3 Å². The number of piperidine rings is 1. The maximum atomic E-state index is 12.4. The molecule has 0 aliphatic carbocycles. The van der Waals surface area contributed by atoms with Crippen molar-refractivity contribution in [3.8, 4) is 0 Å². The van der Waals surface area contributed by atoms with Crippen LogP contribution >= 0.6 is 0 Å². The van der Waals surface area contributed by atoms with E-state index in [0.29, 0.717) is 18.5 Å². The summed E-state index contributed by atoms with van der Waals surface area (Å²) < 4.78 is 0. The molecule has 2 N–H and O–H groups in total. The fourth-order valence-corrected chi connectivity index (χ4v) is 3.55. The summed E-state index contributed by atoms with van der Waals surface area (Å²) in [5.41, 5.74) is 2.71. The minimum Gasteiger partial charge on any atom is -0.338 e. The zero-order valence-corrected chi connectivity index (χ0v) is 14.8. The Morgan fingerprint density at radius 2 is 2.04 bits per heavy atom. The van der Waals surface area contributed by atoms with Gasteiger partial charge in [0.15, 0.2) is 0 Å². The number of carbonyl (C=O) groups is 1. The third-order valence-electron chi connectivity index (χ3n) is 5.10. The first kappa shape index (κ1) is 17.8. The lowest BCUT2D eigenvalue weighted by atomic mass is 9.89. The van der Waals surface area contributed by atoms with E-state index in [9.17, 15) is 4.79 Å². The molecule has 0 bridgehead atoms. The van der Waals surface area contributed by atoms with Crippen molar-refractivity contribution in [2.24, 2.45) is 5.92 Å². The molecule has 1 saturated heterocycles. The Kier molecular flexibility index (Phi) is 6.90. The van der Waals surface area contributed by atoms with Crippen LogP contribution in [0.2, 0.25) is 0 Å². The average molecular weight is 317 g/mol. The Morgan fingerprint density at radius 3 is 2.74 bits per heavy atom. The van der Waals surface area contributed by atoms with Gasteiger partial charge < -0.3 is 15.5 Å². The molecule has 1 heterocycles. The van der Waals surface area contributed by atoms with Crippen molar-refractivity contribution in [2.75, 3.05) is 26.7 Å². The summed E-state index contributed by atoms with van der Waals surface area (Å²) in [4.78, 5) is 14.3. The molecule has 0 radical (unpaired) electrons. The van der Waals surface area contributed by atoms with Crippen LogP contribution < -0.4 is 10.6 Å². The Hall–Kier alpha value is -1.55. The van der Waals surface area contributed by atoms with E-state index in [4.69, 9.17) is 0 Å². The molecule has 2 rings (SSSR count). The monoisotopic (exact) mass is 317 g/mol. The van der Waals surface area contributed by atoms with Crippen molar-refractivity contribution in [3.63, 3.8) is 0 Å². The largest absolute Gasteiger partial charge is 0.338 e. The molecule has 1 aliphatic rings. The van der Waals surface area contributed by atoms with Crippen LogP contribution in [-0.2, 0) is 12.8 Å². The summed E-state index contributed by atoms with van der Waals surface area (Å²) in [6.07, 6.45) is 4.22. The number of nitrogens with one attached hydrogen (secondary N) is 2. The highest BCUT2D eigenvalue weighted by atomic mass is 16.2. The van der Waals surface area contributed by atoms with Crippen LogP contribution in [0.1, 0.15) is 37.8 Å². The van der Waals surface area contributed by atoms with E-state index in [0.717, 1.165) is 38.8 Å². The first-order chi connectivity index (χ1) is 11.2. The van der Waals surface area contributed by atoms with E-state index in [1.807, 2.05) is 11.9 Å². The zero-order valence-electron chi connectivity index (χ0n) is 14.8. The van der Waals surface area contributed by atoms with Gasteiger partial charge in [-0.05, 0) is 42.9 Å². The van der Waals surface area contributed by atoms with Gasteiger partial charge in [0, 0.05) is 26.2 Å². The van der Waals surface area contributed by atoms with E-state index in [2.05, 4.69) is 48.7 Å². The molecule has 0 saturated carbocycles. The normalized spacial score (nSPS) is 21.0. The van der Waals surface area contributed by atoms with Gasteiger partial charge in [-0.1, -0.05) is 44.5 Å². The number of hydrogen-bond acceptors (Lipinski definition) is 2. The molecule has 2 amide bonds. The van der Waals surface area contributed by atoms with Crippen LogP contribution in [0.3, 0.4) is 0 Å². The lowest BCUT2D eigenvalue weighted by molar-refractivity contribution is 0.144. The summed E-state index contributed by atoms with van der Waals surface area (Å²) in [7, 11) is 1.93. The highest BCUT2D eigenvalue weighted by Crippen LogP contribution is 2.20. The number of likely N-dealkylation sites (N-methyl/N-ethyl adjacent to an activating group) is 1. The fraction of sp³-hybridized carbons (Fsp3) is 0.632. The molecule has 4 nitrogen and oxygen atoms in total. The number of rotatable bonds is 6. The van der Waals surface area contributed by atoms with Crippen molar-refractivity contribution in [1.29, 1.82) is 0 Å². The first-order valence-corrected chi connectivity index (χ1v) is 8.95. The lowest BCUT2D eigenvalue weighted by Gasteiger charge is -2.38. The minimum absolute atomic E-state index is 0.0473. The van der Waals surface area contributed by atoms with Crippen LogP contribution in [0.5, 0.6) is 0 Å². The fourth-order valence-electron chi connectivity index (χ4n) is 3.55. The molecule has 2 atom stereocenters. The van der Waals surface area contributed by atoms with Crippen LogP contribution in [-0.4, -0.2) is 43.7 Å². The number of benzene rings is 1. The topological polar surface area (TPSA) is 44.4 Å². The molecule has 0 aromatic heterocycles. The summed E-state index contributed by atoms with van der Waals surface area (Å²) in [5, 5.41) is 6.49. The van der Waals surface area contributed by atoms with Gasteiger partial charge in [0.1, 0.15) is 0 Å². The van der Waals surface area contributed by atoms with Gasteiger partial charge in [-0.2, -0.15) is 0 Å². The second-order valence-electron chi connectivity index (χ2n) is 6.44. The maximum Gasteiger partial charge on any atom is 0.317 e. The second kappa shape index (κ2) is 8.92. The number of hydrogen-bond donors (Lipinski definition) is 2. The van der Waals surface area contributed by atoms with Crippen molar-refractivity contribution >= 4 is 6.03 Å². The average Bonchev–Trinajstić information content (AvgIpc) is 2.61. The molecule has 0 spiro atoms. The van der Waals surface area contributed by atoms with Gasteiger partial charge in [-0.15, -0.1) is 0 Å². The number of aryl methyl sites for hydroxylation is 1. The van der Waals surface area contributed by atoms with Gasteiger partial charge >= 0.3 is 6.03 Å². The van der Waals surface area contributed by atoms with Gasteiger partial charge in [0.05, 0.1) is 0 Å². The number of amides is 2. The van der Waals surface area contributed by atoms with Crippen molar-refractivity contribution in [3.05, 3.63) is 35.4 Å². The molecular weight excluding hydrogens is 286 g/mol. The first-order valence-electron chi connectivity index (χ1n) is 8.95. The molecule has 1 aromatic rings. The predicted octanol–water partition coefficient (Wildman–Crippen LogP) is 2.82. The summed E-state index contributed by atoms with van der Waals surface area (Å²) in [6.45, 7) is 7.05. The van der Waals surface area contributed by atoms with Crippen molar-refractivity contribution in [1.82, 2.24) is 15.5 Å². The molecule has 1 fully saturated rings. The van der Waals surface area contributed by atoms with E-state index in [1.54, 1.807) is 0 Å². The van der Waals surface area contributed by atoms with Crippen LogP contribution in [0.25, 0.3) is 0 Å². The van der Waals surface area contributed by atoms with Crippen molar-refractivity contribution in [2.45, 2.75) is 45.6 Å². The quantitative estimate of drug-likeness (QED) is 0.847. The second-order valence-corrected chi connectivity index (χ2v) is 6.44. The molecule has 2 unspecified atom stereocenters. The predicted molar refractivity (Wildman–Crippen MR) is 95.7 cm³/mol. The third-order valence-corrected chi connectivity index (χ3v) is 5.10. The Bertz CT molecular complexity index is 503. The van der Waals surface area contributed by atoms with Crippen molar-refractivity contribution < 1.29 is 4.79 Å². The van der Waals surface area contributed by atoms with Crippen LogP contribution in [0, 0.1) is 5.92 Å². The maximum absolute atomic E-state index is 12.4. The number of urea groups is 1. The Balaban J connectivity index is 1.84. The standard InChI is InChI=1S/C19H31N3O/c1-4-15-8-6-7-9-17(15)11-13-21-19(23)22(3)18-14-20-12-10-16(18)5-2/h6-9,16,18,20H,4-5,10-14H2,1-3H3,(H,21,23).